The van der Waals surface area contributed by atoms with Crippen LogP contribution in [0, 0.1) is 0 Å². The van der Waals surface area contributed by atoms with E-state index in [1.54, 1.807) is 29.3 Å². The molecule has 0 fully saturated rings. The number of aromatic nitrogens is 5. The van der Waals surface area contributed by atoms with Gasteiger partial charge in [0.15, 0.2) is 5.82 Å². The van der Waals surface area contributed by atoms with E-state index in [9.17, 15) is 4.79 Å². The molecule has 0 aromatic carbocycles. The third-order valence-corrected chi connectivity index (χ3v) is 3.41. The molecule has 7 heteroatoms. The molecule has 3 rings (SSSR count). The fourth-order valence-electron chi connectivity index (χ4n) is 2.19. The molecule has 0 saturated heterocycles. The Balaban J connectivity index is 1.99. The highest BCUT2D eigenvalue weighted by Crippen LogP contribution is 2.18. The lowest BCUT2D eigenvalue weighted by atomic mass is 10.3. The summed E-state index contributed by atoms with van der Waals surface area (Å²) in [5.74, 6) is 0.336. The fourth-order valence-corrected chi connectivity index (χ4v) is 2.19. The molecule has 0 radical (unpaired) electrons. The Labute approximate surface area is 139 Å². The molecule has 7 nitrogen and oxygen atoms in total. The van der Waals surface area contributed by atoms with Crippen molar-refractivity contribution in [2.24, 2.45) is 0 Å². The largest absolute Gasteiger partial charge is 0.349 e. The normalized spacial score (nSPS) is 10.5. The first-order valence-electron chi connectivity index (χ1n) is 7.86. The summed E-state index contributed by atoms with van der Waals surface area (Å²) in [4.78, 5) is 25.1. The number of unbranched alkanes of at least 4 members (excludes halogenated alkanes) is 1. The molecule has 3 aromatic heterocycles. The summed E-state index contributed by atoms with van der Waals surface area (Å²) in [6.07, 6.45) is 6.96. The molecule has 0 aliphatic heterocycles. The molecule has 24 heavy (non-hydrogen) atoms. The van der Waals surface area contributed by atoms with Crippen LogP contribution < -0.4 is 5.32 Å². The molecular formula is C17H18N6O. The van der Waals surface area contributed by atoms with Crippen LogP contribution in [0.5, 0.6) is 0 Å². The van der Waals surface area contributed by atoms with Crippen molar-refractivity contribution in [3.63, 3.8) is 0 Å². The zero-order valence-electron chi connectivity index (χ0n) is 13.4. The molecule has 0 bridgehead atoms. The second-order valence-electron chi connectivity index (χ2n) is 5.21. The first-order valence-corrected chi connectivity index (χ1v) is 7.86. The van der Waals surface area contributed by atoms with Crippen molar-refractivity contribution in [3.05, 3.63) is 54.7 Å². The Morgan fingerprint density at radius 1 is 1.21 bits per heavy atom. The molecule has 0 aliphatic carbocycles. The lowest BCUT2D eigenvalue weighted by Crippen LogP contribution is -2.25. The Morgan fingerprint density at radius 3 is 2.83 bits per heavy atom. The van der Waals surface area contributed by atoms with E-state index in [-0.39, 0.29) is 11.7 Å². The van der Waals surface area contributed by atoms with Gasteiger partial charge in [-0.3, -0.25) is 14.8 Å². The minimum absolute atomic E-state index is 0.121. The van der Waals surface area contributed by atoms with E-state index >= 15 is 0 Å². The molecule has 0 unspecified atom stereocenters. The second kappa shape index (κ2) is 7.45. The predicted octanol–water partition coefficient (Wildman–Crippen LogP) is 2.25. The summed E-state index contributed by atoms with van der Waals surface area (Å²) in [7, 11) is 0. The first kappa shape index (κ1) is 15.8. The van der Waals surface area contributed by atoms with E-state index < -0.39 is 0 Å². The van der Waals surface area contributed by atoms with Crippen molar-refractivity contribution in [1.29, 1.82) is 0 Å². The number of amides is 1. The predicted molar refractivity (Wildman–Crippen MR) is 89.6 cm³/mol. The number of carbonyl (C=O) groups excluding carboxylic acids is 1. The van der Waals surface area contributed by atoms with Crippen molar-refractivity contribution in [2.45, 2.75) is 19.8 Å². The van der Waals surface area contributed by atoms with Gasteiger partial charge >= 0.3 is 0 Å². The number of nitrogens with zero attached hydrogens (tertiary/aromatic N) is 5. The van der Waals surface area contributed by atoms with E-state index in [4.69, 9.17) is 0 Å². The molecule has 0 atom stereocenters. The monoisotopic (exact) mass is 322 g/mol. The Bertz CT molecular complexity index is 743. The standard InChI is InChI=1S/C17H18N6O/c1-2-3-10-20-17(24)15-21-16(14-8-4-5-11-19-14)23(22-15)13-7-6-9-18-12-13/h4-9,11-12H,2-3,10H2,1H3,(H,20,24). The molecule has 0 aliphatic rings. The van der Waals surface area contributed by atoms with Gasteiger partial charge in [-0.1, -0.05) is 19.4 Å². The summed E-state index contributed by atoms with van der Waals surface area (Å²) in [6.45, 7) is 2.68. The van der Waals surface area contributed by atoms with Crippen molar-refractivity contribution in [1.82, 2.24) is 30.0 Å². The molecule has 0 spiro atoms. The van der Waals surface area contributed by atoms with Gasteiger partial charge in [0.25, 0.3) is 5.91 Å². The molecule has 122 valence electrons. The second-order valence-corrected chi connectivity index (χ2v) is 5.21. The molecule has 1 amide bonds. The fraction of sp³-hybridized carbons (Fsp3) is 0.235. The van der Waals surface area contributed by atoms with Crippen LogP contribution in [0.2, 0.25) is 0 Å². The van der Waals surface area contributed by atoms with Crippen LogP contribution in [0.4, 0.5) is 0 Å². The van der Waals surface area contributed by atoms with Gasteiger partial charge in [-0.15, -0.1) is 5.10 Å². The Morgan fingerprint density at radius 2 is 2.12 bits per heavy atom. The highest BCUT2D eigenvalue weighted by Gasteiger charge is 2.19. The quantitative estimate of drug-likeness (QED) is 0.704. The summed E-state index contributed by atoms with van der Waals surface area (Å²) >= 11 is 0. The topological polar surface area (TPSA) is 85.6 Å². The van der Waals surface area contributed by atoms with Crippen LogP contribution in [-0.4, -0.2) is 37.2 Å². The highest BCUT2D eigenvalue weighted by molar-refractivity contribution is 5.90. The van der Waals surface area contributed by atoms with Crippen molar-refractivity contribution in [2.75, 3.05) is 6.54 Å². The van der Waals surface area contributed by atoms with Crippen LogP contribution in [0.3, 0.4) is 0 Å². The Kier molecular flexibility index (Phi) is 4.90. The highest BCUT2D eigenvalue weighted by atomic mass is 16.2. The van der Waals surface area contributed by atoms with Crippen LogP contribution in [0.1, 0.15) is 30.4 Å². The Hall–Kier alpha value is -3.09. The maximum atomic E-state index is 12.3. The summed E-state index contributed by atoms with van der Waals surface area (Å²) < 4.78 is 1.59. The van der Waals surface area contributed by atoms with Crippen LogP contribution in [0.15, 0.2) is 48.9 Å². The van der Waals surface area contributed by atoms with Gasteiger partial charge in [0.05, 0.1) is 11.9 Å². The van der Waals surface area contributed by atoms with Crippen LogP contribution >= 0.6 is 0 Å². The van der Waals surface area contributed by atoms with Gasteiger partial charge in [0.1, 0.15) is 5.69 Å². The van der Waals surface area contributed by atoms with Crippen LogP contribution in [0.25, 0.3) is 17.2 Å². The SMILES string of the molecule is CCCCNC(=O)c1nc(-c2ccccn2)n(-c2cccnc2)n1. The zero-order chi connectivity index (χ0) is 16.8. The van der Waals surface area contributed by atoms with E-state index in [1.807, 2.05) is 24.3 Å². The van der Waals surface area contributed by atoms with E-state index in [0.717, 1.165) is 18.5 Å². The van der Waals surface area contributed by atoms with Crippen molar-refractivity contribution >= 4 is 5.91 Å². The lowest BCUT2D eigenvalue weighted by molar-refractivity contribution is 0.0943. The van der Waals surface area contributed by atoms with Gasteiger partial charge in [0.2, 0.25) is 5.82 Å². The van der Waals surface area contributed by atoms with E-state index in [1.165, 1.54) is 0 Å². The number of pyridine rings is 2. The molecule has 1 N–H and O–H groups in total. The molecule has 0 saturated carbocycles. The third kappa shape index (κ3) is 3.45. The minimum atomic E-state index is -0.289. The molecular weight excluding hydrogens is 304 g/mol. The average Bonchev–Trinajstić information content (AvgIpc) is 3.09. The maximum Gasteiger partial charge on any atom is 0.290 e. The lowest BCUT2D eigenvalue weighted by Gasteiger charge is -2.04. The number of carbonyl (C=O) groups is 1. The maximum absolute atomic E-state index is 12.3. The summed E-state index contributed by atoms with van der Waals surface area (Å²) in [5.41, 5.74) is 1.36. The van der Waals surface area contributed by atoms with E-state index in [2.05, 4.69) is 32.3 Å². The number of nitrogens with one attached hydrogen (secondary N) is 1. The van der Waals surface area contributed by atoms with Gasteiger partial charge in [-0.2, -0.15) is 0 Å². The first-order chi connectivity index (χ1) is 11.8. The van der Waals surface area contributed by atoms with Crippen molar-refractivity contribution < 1.29 is 4.79 Å². The smallest absolute Gasteiger partial charge is 0.290 e. The zero-order valence-corrected chi connectivity index (χ0v) is 13.4. The number of hydrogen-bond acceptors (Lipinski definition) is 5. The van der Waals surface area contributed by atoms with Gasteiger partial charge in [-0.25, -0.2) is 9.67 Å². The van der Waals surface area contributed by atoms with Crippen molar-refractivity contribution in [3.8, 4) is 17.2 Å². The minimum Gasteiger partial charge on any atom is -0.349 e. The summed E-state index contributed by atoms with van der Waals surface area (Å²) in [6, 6.07) is 9.18. The number of rotatable bonds is 6. The van der Waals surface area contributed by atoms with Gasteiger partial charge in [-0.05, 0) is 30.7 Å². The molecule has 3 heterocycles. The number of hydrogen-bond donors (Lipinski definition) is 1. The van der Waals surface area contributed by atoms with Gasteiger partial charge in [0, 0.05) is 18.9 Å². The third-order valence-electron chi connectivity index (χ3n) is 3.41. The molecule has 3 aromatic rings. The average molecular weight is 322 g/mol. The van der Waals surface area contributed by atoms with Crippen LogP contribution in [-0.2, 0) is 0 Å². The summed E-state index contributed by atoms with van der Waals surface area (Å²) in [5, 5.41) is 7.18. The van der Waals surface area contributed by atoms with E-state index in [0.29, 0.717) is 18.1 Å². The van der Waals surface area contributed by atoms with Gasteiger partial charge < -0.3 is 5.32 Å².